The van der Waals surface area contributed by atoms with Crippen LogP contribution in [0.2, 0.25) is 0 Å². The van der Waals surface area contributed by atoms with Crippen LogP contribution in [-0.2, 0) is 9.59 Å². The van der Waals surface area contributed by atoms with E-state index in [0.717, 1.165) is 10.5 Å². The van der Waals surface area contributed by atoms with Crippen molar-refractivity contribution in [1.82, 2.24) is 25.4 Å². The second kappa shape index (κ2) is 8.67. The highest BCUT2D eigenvalue weighted by molar-refractivity contribution is 6.09. The number of halogens is 1. The minimum atomic E-state index is -0.885. The maximum atomic E-state index is 12.9. The smallest absolute Gasteiger partial charge is 0.325 e. The predicted molar refractivity (Wildman–Crippen MR) is 102 cm³/mol. The van der Waals surface area contributed by atoms with Gasteiger partial charge < -0.3 is 15.5 Å². The van der Waals surface area contributed by atoms with Crippen LogP contribution in [0, 0.1) is 0 Å². The van der Waals surface area contributed by atoms with E-state index in [1.807, 2.05) is 26.0 Å². The molecule has 1 aromatic rings. The summed E-state index contributed by atoms with van der Waals surface area (Å²) in [7, 11) is 0. The summed E-state index contributed by atoms with van der Waals surface area (Å²) in [5, 5.41) is 6.04. The van der Waals surface area contributed by atoms with Crippen molar-refractivity contribution in [2.45, 2.75) is 38.3 Å². The molecule has 2 saturated heterocycles. The summed E-state index contributed by atoms with van der Waals surface area (Å²) in [6.07, 6.45) is 4.44. The Morgan fingerprint density at radius 3 is 2.67 bits per heavy atom. The number of piperazine rings is 1. The molecule has 2 aliphatic heterocycles. The summed E-state index contributed by atoms with van der Waals surface area (Å²) in [4.78, 5) is 44.8. The van der Waals surface area contributed by atoms with Gasteiger partial charge in [-0.2, -0.15) is 0 Å². The Hall–Kier alpha value is -2.19. The molecule has 8 nitrogen and oxygen atoms in total. The first-order valence-corrected chi connectivity index (χ1v) is 9.06. The average molecular weight is 396 g/mol. The topological polar surface area (TPSA) is 94.6 Å². The number of carbonyl (C=O) groups is 3. The van der Waals surface area contributed by atoms with E-state index >= 15 is 0 Å². The fourth-order valence-corrected chi connectivity index (χ4v) is 3.65. The molecule has 2 N–H and O–H groups in total. The summed E-state index contributed by atoms with van der Waals surface area (Å²) in [6, 6.07) is 3.12. The average Bonchev–Trinajstić information content (AvgIpc) is 2.93. The molecule has 27 heavy (non-hydrogen) atoms. The summed E-state index contributed by atoms with van der Waals surface area (Å²) in [5.41, 5.74) is 0.0468. The van der Waals surface area contributed by atoms with Crippen molar-refractivity contribution in [1.29, 1.82) is 0 Å². The lowest BCUT2D eigenvalue weighted by molar-refractivity contribution is -0.141. The first-order chi connectivity index (χ1) is 12.5. The molecule has 3 rings (SSSR count). The number of imide groups is 1. The Bertz CT molecular complexity index is 695. The Morgan fingerprint density at radius 2 is 2.07 bits per heavy atom. The van der Waals surface area contributed by atoms with Gasteiger partial charge in [0.25, 0.3) is 5.91 Å². The number of rotatable bonds is 5. The third-order valence-corrected chi connectivity index (χ3v) is 5.38. The normalized spacial score (nSPS) is 21.6. The number of nitrogens with one attached hydrogen (secondary N) is 2. The van der Waals surface area contributed by atoms with Crippen molar-refractivity contribution in [3.8, 4) is 0 Å². The van der Waals surface area contributed by atoms with Crippen molar-refractivity contribution in [3.63, 3.8) is 0 Å². The number of hydrogen-bond acceptors (Lipinski definition) is 5. The number of urea groups is 1. The van der Waals surface area contributed by atoms with E-state index in [-0.39, 0.29) is 36.8 Å². The fourth-order valence-electron chi connectivity index (χ4n) is 3.65. The molecule has 2 aliphatic rings. The molecule has 9 heteroatoms. The molecule has 0 saturated carbocycles. The molecule has 0 radical (unpaired) electrons. The number of pyridine rings is 1. The van der Waals surface area contributed by atoms with Gasteiger partial charge in [-0.25, -0.2) is 4.79 Å². The van der Waals surface area contributed by atoms with Crippen LogP contribution >= 0.6 is 12.4 Å². The summed E-state index contributed by atoms with van der Waals surface area (Å²) >= 11 is 0. The van der Waals surface area contributed by atoms with E-state index in [0.29, 0.717) is 32.5 Å². The molecule has 4 amide bonds. The Labute approximate surface area is 165 Å². The number of carbonyl (C=O) groups excluding carboxylic acids is 3. The van der Waals surface area contributed by atoms with Crippen LogP contribution in [-0.4, -0.2) is 64.3 Å². The molecular weight excluding hydrogens is 370 g/mol. The van der Waals surface area contributed by atoms with Gasteiger partial charge in [0.1, 0.15) is 12.1 Å². The first-order valence-electron chi connectivity index (χ1n) is 9.06. The van der Waals surface area contributed by atoms with Gasteiger partial charge in [-0.3, -0.25) is 19.5 Å². The van der Waals surface area contributed by atoms with Gasteiger partial charge >= 0.3 is 6.03 Å². The molecule has 3 heterocycles. The van der Waals surface area contributed by atoms with E-state index in [1.54, 1.807) is 17.3 Å². The third kappa shape index (κ3) is 3.91. The number of nitrogens with zero attached hydrogens (tertiary/aromatic N) is 3. The fraction of sp³-hybridized carbons (Fsp3) is 0.556. The molecule has 0 aliphatic carbocycles. The molecule has 0 aromatic carbocycles. The molecule has 2 fully saturated rings. The minimum Gasteiger partial charge on any atom is -0.331 e. The van der Waals surface area contributed by atoms with Gasteiger partial charge in [0, 0.05) is 32.0 Å². The first kappa shape index (κ1) is 21.1. The maximum Gasteiger partial charge on any atom is 0.325 e. The van der Waals surface area contributed by atoms with Crippen LogP contribution in [0.4, 0.5) is 4.79 Å². The number of amides is 4. The Kier molecular flexibility index (Phi) is 6.78. The number of aromatic nitrogens is 1. The maximum absolute atomic E-state index is 12.9. The summed E-state index contributed by atoms with van der Waals surface area (Å²) in [6.45, 7) is 5.31. The second-order valence-corrected chi connectivity index (χ2v) is 6.70. The standard InChI is InChI=1S/C18H25N5O3.ClH/c1-3-18(4-2)16(25)23(17(26)21-18)12-15(24)22-9-8-20-11-14(22)13-6-5-7-19-10-13;/h5-7,10,14,20H,3-4,8-9,11-12H2,1-2H3,(H,21,26);1H. The van der Waals surface area contributed by atoms with Gasteiger partial charge in [-0.05, 0) is 24.5 Å². The van der Waals surface area contributed by atoms with Gasteiger partial charge in [0.05, 0.1) is 6.04 Å². The van der Waals surface area contributed by atoms with Gasteiger partial charge in [0.15, 0.2) is 0 Å². The van der Waals surface area contributed by atoms with Gasteiger partial charge in [0.2, 0.25) is 5.91 Å². The predicted octanol–water partition coefficient (Wildman–Crippen LogP) is 1.09. The lowest BCUT2D eigenvalue weighted by Gasteiger charge is -2.37. The highest BCUT2D eigenvalue weighted by Crippen LogP contribution is 2.26. The SMILES string of the molecule is CCC1(CC)NC(=O)N(CC(=O)N2CCNCC2c2cccnc2)C1=O.Cl. The lowest BCUT2D eigenvalue weighted by Crippen LogP contribution is -2.52. The second-order valence-electron chi connectivity index (χ2n) is 6.70. The van der Waals surface area contributed by atoms with Crippen LogP contribution in [0.25, 0.3) is 0 Å². The Morgan fingerprint density at radius 1 is 1.33 bits per heavy atom. The third-order valence-electron chi connectivity index (χ3n) is 5.38. The van der Waals surface area contributed by atoms with Gasteiger partial charge in [-0.1, -0.05) is 19.9 Å². The highest BCUT2D eigenvalue weighted by Gasteiger charge is 2.49. The van der Waals surface area contributed by atoms with Crippen molar-refractivity contribution in [3.05, 3.63) is 30.1 Å². The minimum absolute atomic E-state index is 0. The van der Waals surface area contributed by atoms with E-state index in [9.17, 15) is 14.4 Å². The van der Waals surface area contributed by atoms with Crippen LogP contribution < -0.4 is 10.6 Å². The zero-order valence-electron chi connectivity index (χ0n) is 15.6. The largest absolute Gasteiger partial charge is 0.331 e. The number of hydrogen-bond donors (Lipinski definition) is 2. The molecule has 0 spiro atoms. The lowest BCUT2D eigenvalue weighted by atomic mass is 9.93. The van der Waals surface area contributed by atoms with Crippen LogP contribution in [0.1, 0.15) is 38.3 Å². The molecular formula is C18H26ClN5O3. The zero-order valence-corrected chi connectivity index (χ0v) is 16.4. The highest BCUT2D eigenvalue weighted by atomic mass is 35.5. The quantitative estimate of drug-likeness (QED) is 0.728. The van der Waals surface area contributed by atoms with Gasteiger partial charge in [-0.15, -0.1) is 12.4 Å². The summed E-state index contributed by atoms with van der Waals surface area (Å²) < 4.78 is 0. The summed E-state index contributed by atoms with van der Waals surface area (Å²) in [5.74, 6) is -0.541. The molecule has 1 aromatic heterocycles. The van der Waals surface area contributed by atoms with Crippen molar-refractivity contribution < 1.29 is 14.4 Å². The van der Waals surface area contributed by atoms with Crippen LogP contribution in [0.5, 0.6) is 0 Å². The monoisotopic (exact) mass is 395 g/mol. The van der Waals surface area contributed by atoms with Crippen molar-refractivity contribution in [2.24, 2.45) is 0 Å². The molecule has 0 bridgehead atoms. The molecule has 148 valence electrons. The van der Waals surface area contributed by atoms with Crippen LogP contribution in [0.3, 0.4) is 0 Å². The van der Waals surface area contributed by atoms with Crippen molar-refractivity contribution in [2.75, 3.05) is 26.2 Å². The van der Waals surface area contributed by atoms with E-state index in [4.69, 9.17) is 0 Å². The zero-order chi connectivity index (χ0) is 18.7. The van der Waals surface area contributed by atoms with Crippen molar-refractivity contribution >= 4 is 30.3 Å². The van der Waals surface area contributed by atoms with E-state index in [1.165, 1.54) is 0 Å². The van der Waals surface area contributed by atoms with E-state index < -0.39 is 11.6 Å². The molecule has 1 atom stereocenters. The molecule has 1 unspecified atom stereocenters. The van der Waals surface area contributed by atoms with E-state index in [2.05, 4.69) is 15.6 Å². The van der Waals surface area contributed by atoms with Crippen LogP contribution in [0.15, 0.2) is 24.5 Å². The Balaban J connectivity index is 0.00000261.